The molecule has 0 unspecified atom stereocenters. The highest BCUT2D eigenvalue weighted by molar-refractivity contribution is 5.88. The Labute approximate surface area is 198 Å². The molecule has 5 nitrogen and oxygen atoms in total. The normalized spacial score (nSPS) is 15.0. The average molecular weight is 454 g/mol. The quantitative estimate of drug-likeness (QED) is 0.530. The van der Waals surface area contributed by atoms with Crippen LogP contribution in [0.25, 0.3) is 11.1 Å². The summed E-state index contributed by atoms with van der Waals surface area (Å²) in [6, 6.07) is 6.14. The Kier molecular flexibility index (Phi) is 7.93. The number of nitrogens with one attached hydrogen (secondary N) is 1. The Morgan fingerprint density at radius 2 is 1.76 bits per heavy atom. The van der Waals surface area contributed by atoms with E-state index in [2.05, 4.69) is 17.4 Å². The summed E-state index contributed by atoms with van der Waals surface area (Å²) in [4.78, 5) is 11.9. The zero-order valence-corrected chi connectivity index (χ0v) is 21.1. The van der Waals surface area contributed by atoms with E-state index in [1.807, 2.05) is 47.6 Å². The maximum absolute atomic E-state index is 11.9. The van der Waals surface area contributed by atoms with Crippen LogP contribution >= 0.6 is 0 Å². The van der Waals surface area contributed by atoms with Crippen molar-refractivity contribution in [2.75, 3.05) is 18.5 Å². The standard InChI is InChI=1S/C28H39NO4/c1-18-12-13-21(23(16-18)33-28(4,5)6)25-20(3)27-26(19(2)22(25)17-24(30)31)29-14-10-8-7-9-11-15-32-27/h12-13,16,29H,7-11,14-15,17H2,1-6H3,(H,30,31). The molecule has 1 heterocycles. The Balaban J connectivity index is 2.28. The molecule has 0 aromatic heterocycles. The maximum Gasteiger partial charge on any atom is 0.307 e. The lowest BCUT2D eigenvalue weighted by atomic mass is 9.87. The molecule has 1 aliphatic rings. The second kappa shape index (κ2) is 10.5. The molecular formula is C28H39NO4. The molecule has 0 atom stereocenters. The van der Waals surface area contributed by atoms with Crippen molar-refractivity contribution in [2.45, 2.75) is 85.7 Å². The fraction of sp³-hybridized carbons (Fsp3) is 0.536. The van der Waals surface area contributed by atoms with Crippen molar-refractivity contribution in [2.24, 2.45) is 0 Å². The average Bonchev–Trinajstić information content (AvgIpc) is 2.76. The van der Waals surface area contributed by atoms with Gasteiger partial charge in [-0.05, 0) is 82.7 Å². The van der Waals surface area contributed by atoms with Crippen molar-refractivity contribution in [3.63, 3.8) is 0 Å². The van der Waals surface area contributed by atoms with Crippen molar-refractivity contribution in [3.05, 3.63) is 40.5 Å². The third-order valence-corrected chi connectivity index (χ3v) is 6.09. The zero-order chi connectivity index (χ0) is 24.2. The van der Waals surface area contributed by atoms with E-state index in [-0.39, 0.29) is 12.0 Å². The van der Waals surface area contributed by atoms with Gasteiger partial charge in [-0.3, -0.25) is 4.79 Å². The summed E-state index contributed by atoms with van der Waals surface area (Å²) < 4.78 is 12.7. The third kappa shape index (κ3) is 6.21. The molecule has 0 spiro atoms. The second-order valence-corrected chi connectivity index (χ2v) is 10.1. The first-order valence-electron chi connectivity index (χ1n) is 12.1. The van der Waals surface area contributed by atoms with E-state index in [0.29, 0.717) is 6.61 Å². The molecule has 0 amide bonds. The van der Waals surface area contributed by atoms with Gasteiger partial charge in [0.05, 0.1) is 18.7 Å². The summed E-state index contributed by atoms with van der Waals surface area (Å²) in [5.41, 5.74) is 6.18. The molecule has 1 aliphatic heterocycles. The first kappa shape index (κ1) is 24.9. The van der Waals surface area contributed by atoms with Gasteiger partial charge in [-0.25, -0.2) is 0 Å². The van der Waals surface area contributed by atoms with Crippen molar-refractivity contribution >= 4 is 11.7 Å². The van der Waals surface area contributed by atoms with Crippen molar-refractivity contribution in [3.8, 4) is 22.6 Å². The summed E-state index contributed by atoms with van der Waals surface area (Å²) in [5, 5.41) is 13.4. The smallest absolute Gasteiger partial charge is 0.307 e. The summed E-state index contributed by atoms with van der Waals surface area (Å²) in [5.74, 6) is 0.753. The number of rotatable bonds is 4. The molecule has 5 heteroatoms. The number of hydrogen-bond acceptors (Lipinski definition) is 4. The highest BCUT2D eigenvalue weighted by Gasteiger charge is 2.26. The molecule has 0 fully saturated rings. The Hall–Kier alpha value is -2.69. The van der Waals surface area contributed by atoms with E-state index in [1.54, 1.807) is 0 Å². The van der Waals surface area contributed by atoms with Gasteiger partial charge in [-0.15, -0.1) is 0 Å². The molecule has 0 saturated carbocycles. The van der Waals surface area contributed by atoms with E-state index in [9.17, 15) is 9.90 Å². The molecule has 2 aromatic carbocycles. The number of carbonyl (C=O) groups is 1. The van der Waals surface area contributed by atoms with Crippen molar-refractivity contribution in [1.82, 2.24) is 0 Å². The number of carboxylic acids is 1. The van der Waals surface area contributed by atoms with Crippen LogP contribution in [0, 0.1) is 20.8 Å². The second-order valence-electron chi connectivity index (χ2n) is 10.1. The minimum Gasteiger partial charge on any atom is -0.491 e. The van der Waals surface area contributed by atoms with Crippen LogP contribution in [0.15, 0.2) is 18.2 Å². The summed E-state index contributed by atoms with van der Waals surface area (Å²) in [7, 11) is 0. The van der Waals surface area contributed by atoms with Gasteiger partial charge in [0.2, 0.25) is 0 Å². The fourth-order valence-corrected chi connectivity index (χ4v) is 4.56. The van der Waals surface area contributed by atoms with Crippen LogP contribution < -0.4 is 14.8 Å². The lowest BCUT2D eigenvalue weighted by Crippen LogP contribution is -2.23. The Morgan fingerprint density at radius 3 is 2.45 bits per heavy atom. The van der Waals surface area contributed by atoms with Crippen LogP contribution in [0.1, 0.15) is 75.1 Å². The number of benzene rings is 2. The van der Waals surface area contributed by atoms with E-state index in [1.165, 1.54) is 19.3 Å². The number of hydrogen-bond donors (Lipinski definition) is 2. The number of carboxylic acid groups (broad SMARTS) is 1. The summed E-state index contributed by atoms with van der Waals surface area (Å²) in [6.45, 7) is 13.7. The monoisotopic (exact) mass is 453 g/mol. The number of fused-ring (bicyclic) bond motifs is 1. The number of anilines is 1. The van der Waals surface area contributed by atoms with Gasteiger partial charge in [0, 0.05) is 17.7 Å². The molecule has 0 aliphatic carbocycles. The SMILES string of the molecule is Cc1ccc(-c2c(C)c3c(c(C)c2CC(=O)O)NCCCCCCCO3)c(OC(C)(C)C)c1. The molecule has 0 radical (unpaired) electrons. The molecule has 2 aromatic rings. The molecular weight excluding hydrogens is 414 g/mol. The van der Waals surface area contributed by atoms with Crippen LogP contribution in [0.2, 0.25) is 0 Å². The number of ether oxygens (including phenoxy) is 2. The lowest BCUT2D eigenvalue weighted by molar-refractivity contribution is -0.136. The van der Waals surface area contributed by atoms with E-state index >= 15 is 0 Å². The van der Waals surface area contributed by atoms with Gasteiger partial charge in [0.15, 0.2) is 0 Å². The van der Waals surface area contributed by atoms with E-state index in [4.69, 9.17) is 9.47 Å². The Morgan fingerprint density at radius 1 is 1.06 bits per heavy atom. The minimum atomic E-state index is -0.846. The maximum atomic E-state index is 11.9. The highest BCUT2D eigenvalue weighted by atomic mass is 16.5. The zero-order valence-electron chi connectivity index (χ0n) is 21.1. The highest BCUT2D eigenvalue weighted by Crippen LogP contribution is 2.46. The lowest BCUT2D eigenvalue weighted by Gasteiger charge is -2.27. The van der Waals surface area contributed by atoms with Gasteiger partial charge < -0.3 is 19.9 Å². The van der Waals surface area contributed by atoms with Crippen LogP contribution in [0.5, 0.6) is 11.5 Å². The molecule has 2 N–H and O–H groups in total. The summed E-state index contributed by atoms with van der Waals surface area (Å²) in [6.07, 6.45) is 5.63. The molecule has 3 rings (SSSR count). The predicted octanol–water partition coefficient (Wildman–Crippen LogP) is 6.84. The van der Waals surface area contributed by atoms with Gasteiger partial charge >= 0.3 is 5.97 Å². The van der Waals surface area contributed by atoms with E-state index in [0.717, 1.165) is 70.0 Å². The molecule has 0 saturated heterocycles. The van der Waals surface area contributed by atoms with Crippen LogP contribution in [0.3, 0.4) is 0 Å². The Bertz CT molecular complexity index is 1000. The fourth-order valence-electron chi connectivity index (χ4n) is 4.56. The largest absolute Gasteiger partial charge is 0.491 e. The van der Waals surface area contributed by atoms with Gasteiger partial charge in [0.1, 0.15) is 17.1 Å². The van der Waals surface area contributed by atoms with Crippen molar-refractivity contribution in [1.29, 1.82) is 0 Å². The first-order chi connectivity index (χ1) is 15.6. The predicted molar refractivity (Wildman–Crippen MR) is 135 cm³/mol. The van der Waals surface area contributed by atoms with Crippen LogP contribution in [0.4, 0.5) is 5.69 Å². The molecule has 180 valence electrons. The van der Waals surface area contributed by atoms with Gasteiger partial charge in [-0.2, -0.15) is 0 Å². The molecule has 0 bridgehead atoms. The van der Waals surface area contributed by atoms with Crippen LogP contribution in [-0.2, 0) is 11.2 Å². The minimum absolute atomic E-state index is 0.0558. The van der Waals surface area contributed by atoms with Gasteiger partial charge in [-0.1, -0.05) is 31.4 Å². The van der Waals surface area contributed by atoms with Gasteiger partial charge in [0.25, 0.3) is 0 Å². The summed E-state index contributed by atoms with van der Waals surface area (Å²) >= 11 is 0. The first-order valence-corrected chi connectivity index (χ1v) is 12.1. The van der Waals surface area contributed by atoms with Crippen molar-refractivity contribution < 1.29 is 19.4 Å². The third-order valence-electron chi connectivity index (χ3n) is 6.09. The molecule has 33 heavy (non-hydrogen) atoms. The number of aryl methyl sites for hydroxylation is 1. The number of aliphatic carboxylic acids is 1. The van der Waals surface area contributed by atoms with E-state index < -0.39 is 5.97 Å². The van der Waals surface area contributed by atoms with Crippen LogP contribution in [-0.4, -0.2) is 29.8 Å². The topological polar surface area (TPSA) is 67.8 Å².